The second-order valence-electron chi connectivity index (χ2n) is 10.2. The number of rotatable bonds is 19. The summed E-state index contributed by atoms with van der Waals surface area (Å²) in [6.45, 7) is 20.5. The van der Waals surface area contributed by atoms with Gasteiger partial charge >= 0.3 is 6.03 Å². The highest BCUT2D eigenvalue weighted by atomic mass is 16.5. The van der Waals surface area contributed by atoms with Gasteiger partial charge in [0.15, 0.2) is 0 Å². The van der Waals surface area contributed by atoms with Gasteiger partial charge in [-0.25, -0.2) is 4.79 Å². The fourth-order valence-electron chi connectivity index (χ4n) is 4.27. The molecule has 0 aliphatic rings. The number of amides is 2. The van der Waals surface area contributed by atoms with Crippen LogP contribution in [0.25, 0.3) is 0 Å². The number of nitrogens with one attached hydrogen (secondary N) is 6. The van der Waals surface area contributed by atoms with Gasteiger partial charge in [0.2, 0.25) is 0 Å². The molecule has 48 heavy (non-hydrogen) atoms. The summed E-state index contributed by atoms with van der Waals surface area (Å²) in [7, 11) is 0. The number of benzene rings is 4. The highest BCUT2D eigenvalue weighted by Gasteiger charge is 2.09. The first-order valence-corrected chi connectivity index (χ1v) is 15.0. The summed E-state index contributed by atoms with van der Waals surface area (Å²) < 4.78 is 16.6. The van der Waals surface area contributed by atoms with Crippen molar-refractivity contribution < 1.29 is 19.0 Å². The van der Waals surface area contributed by atoms with Crippen molar-refractivity contribution in [3.8, 4) is 17.2 Å². The third-order valence-corrected chi connectivity index (χ3v) is 6.30. The highest BCUT2D eigenvalue weighted by Crippen LogP contribution is 2.27. The van der Waals surface area contributed by atoms with Crippen LogP contribution in [0, 0.1) is 0 Å². The molecule has 0 atom stereocenters. The Morgan fingerprint density at radius 2 is 0.729 bits per heavy atom. The van der Waals surface area contributed by atoms with Gasteiger partial charge in [0, 0.05) is 34.1 Å². The zero-order valence-electron chi connectivity index (χ0n) is 26.7. The topological polar surface area (TPSA) is 117 Å². The van der Waals surface area contributed by atoms with Crippen LogP contribution in [0.1, 0.15) is 0 Å². The lowest BCUT2D eigenvalue weighted by Crippen LogP contribution is -2.19. The molecule has 4 aromatic rings. The minimum Gasteiger partial charge on any atom is -0.490 e. The molecular formula is C38H40N6O4. The van der Waals surface area contributed by atoms with Crippen LogP contribution in [0.4, 0.5) is 38.9 Å². The maximum absolute atomic E-state index is 13.0. The molecule has 0 radical (unpaired) electrons. The van der Waals surface area contributed by atoms with E-state index in [0.717, 1.165) is 22.9 Å². The predicted molar refractivity (Wildman–Crippen MR) is 198 cm³/mol. The monoisotopic (exact) mass is 644 g/mol. The van der Waals surface area contributed by atoms with Gasteiger partial charge in [0.05, 0.1) is 0 Å². The van der Waals surface area contributed by atoms with Crippen LogP contribution in [0.3, 0.4) is 0 Å². The van der Waals surface area contributed by atoms with Gasteiger partial charge in [-0.05, 0) is 91.0 Å². The van der Waals surface area contributed by atoms with Crippen molar-refractivity contribution in [3.05, 3.63) is 154 Å². The molecule has 2 amide bonds. The van der Waals surface area contributed by atoms with Gasteiger partial charge in [-0.2, -0.15) is 0 Å². The largest absolute Gasteiger partial charge is 0.490 e. The zero-order chi connectivity index (χ0) is 34.1. The van der Waals surface area contributed by atoms with E-state index in [4.69, 9.17) is 14.2 Å². The molecule has 246 valence electrons. The number of urea groups is 1. The minimum atomic E-state index is -0.427. The molecule has 0 saturated heterocycles. The quantitative estimate of drug-likeness (QED) is 0.0560. The van der Waals surface area contributed by atoms with Gasteiger partial charge in [0.1, 0.15) is 48.7 Å². The third-order valence-electron chi connectivity index (χ3n) is 6.30. The summed E-state index contributed by atoms with van der Waals surface area (Å²) >= 11 is 0. The number of carbonyl (C=O) groups excluding carboxylic acids is 1. The third kappa shape index (κ3) is 11.4. The van der Waals surface area contributed by atoms with Gasteiger partial charge in [0.25, 0.3) is 0 Å². The van der Waals surface area contributed by atoms with E-state index in [1.165, 1.54) is 0 Å². The summed E-state index contributed by atoms with van der Waals surface area (Å²) in [5.74, 6) is 3.16. The van der Waals surface area contributed by atoms with Crippen molar-refractivity contribution in [1.82, 2.24) is 0 Å². The summed E-state index contributed by atoms with van der Waals surface area (Å²) in [6.07, 6.45) is 5.05. The molecule has 10 nitrogen and oxygen atoms in total. The molecular weight excluding hydrogens is 604 g/mol. The molecule has 0 saturated carbocycles. The Balaban J connectivity index is 1.45. The zero-order valence-corrected chi connectivity index (χ0v) is 26.7. The van der Waals surface area contributed by atoms with Gasteiger partial charge in [-0.15, -0.1) is 0 Å². The molecule has 0 spiro atoms. The molecule has 0 bridgehead atoms. The standard InChI is InChI=1S/C38H40N6O4/c1-6-21-46-35-15-9-29(10-16-35)39-27(4)41-32-24-33(42-28(5)40-30-11-17-36(18-12-30)47-22-7-2)26-34(25-32)44-38(45)43-31-13-19-37(20-14-31)48-23-8-3/h6-20,24-26,39-42H,1-5,21-23H2,(H2,43,44,45). The number of carbonyl (C=O) groups is 1. The van der Waals surface area contributed by atoms with E-state index < -0.39 is 6.03 Å². The number of anilines is 6. The van der Waals surface area contributed by atoms with Crippen LogP contribution >= 0.6 is 0 Å². The van der Waals surface area contributed by atoms with Crippen LogP contribution in [0.5, 0.6) is 17.2 Å². The fraction of sp³-hybridized carbons (Fsp3) is 0.0789. The van der Waals surface area contributed by atoms with E-state index in [-0.39, 0.29) is 0 Å². The van der Waals surface area contributed by atoms with Gasteiger partial charge < -0.3 is 46.1 Å². The Bertz CT molecular complexity index is 1500. The number of ether oxygens (including phenoxy) is 3. The van der Waals surface area contributed by atoms with Crippen molar-refractivity contribution in [2.24, 2.45) is 0 Å². The predicted octanol–water partition coefficient (Wildman–Crippen LogP) is 9.02. The average Bonchev–Trinajstić information content (AvgIpc) is 3.07. The van der Waals surface area contributed by atoms with Gasteiger partial charge in [-0.3, -0.25) is 0 Å². The highest BCUT2D eigenvalue weighted by molar-refractivity contribution is 6.00. The minimum absolute atomic E-state index is 0.395. The summed E-state index contributed by atoms with van der Waals surface area (Å²) in [6, 6.07) is 27.0. The second kappa shape index (κ2) is 17.8. The number of hydrogen-bond donors (Lipinski definition) is 6. The first kappa shape index (κ1) is 34.3. The van der Waals surface area contributed by atoms with E-state index in [1.54, 1.807) is 54.6 Å². The molecule has 4 rings (SSSR count). The SMILES string of the molecule is C=CCOc1ccc(NC(=C)Nc2cc(NC(=C)Nc3ccc(OCC=C)cc3)cc(NC(=O)Nc3ccc(OCC=C)cc3)c2)cc1. The molecule has 4 aromatic carbocycles. The molecule has 6 N–H and O–H groups in total. The van der Waals surface area contributed by atoms with Gasteiger partial charge in [-0.1, -0.05) is 51.1 Å². The normalized spacial score (nSPS) is 10.0. The van der Waals surface area contributed by atoms with Crippen LogP contribution in [-0.2, 0) is 0 Å². The van der Waals surface area contributed by atoms with Crippen molar-refractivity contribution in [3.63, 3.8) is 0 Å². The number of hydrogen-bond acceptors (Lipinski definition) is 8. The van der Waals surface area contributed by atoms with E-state index in [1.807, 2.05) is 54.6 Å². The maximum Gasteiger partial charge on any atom is 0.323 e. The summed E-state index contributed by atoms with van der Waals surface area (Å²) in [5.41, 5.74) is 4.04. The molecule has 0 fully saturated rings. The molecule has 0 unspecified atom stereocenters. The molecule has 0 heterocycles. The lowest BCUT2D eigenvalue weighted by molar-refractivity contribution is 0.262. The maximum atomic E-state index is 13.0. The Labute approximate surface area is 281 Å². The van der Waals surface area contributed by atoms with Crippen molar-refractivity contribution in [2.45, 2.75) is 0 Å². The van der Waals surface area contributed by atoms with E-state index in [9.17, 15) is 4.79 Å². The van der Waals surface area contributed by atoms with Crippen molar-refractivity contribution in [2.75, 3.05) is 51.7 Å². The van der Waals surface area contributed by atoms with E-state index >= 15 is 0 Å². The molecule has 0 aliphatic carbocycles. The van der Waals surface area contributed by atoms with E-state index in [2.05, 4.69) is 64.8 Å². The Kier molecular flexibility index (Phi) is 12.7. The van der Waals surface area contributed by atoms with E-state index in [0.29, 0.717) is 60.0 Å². The first-order valence-electron chi connectivity index (χ1n) is 15.0. The lowest BCUT2D eigenvalue weighted by Gasteiger charge is -2.18. The van der Waals surface area contributed by atoms with Crippen LogP contribution in [-0.4, -0.2) is 25.9 Å². The average molecular weight is 645 g/mol. The Morgan fingerprint density at radius 1 is 0.458 bits per heavy atom. The molecule has 0 aliphatic heterocycles. The van der Waals surface area contributed by atoms with Crippen molar-refractivity contribution >= 4 is 40.2 Å². The first-order chi connectivity index (χ1) is 23.3. The smallest absolute Gasteiger partial charge is 0.323 e. The second-order valence-corrected chi connectivity index (χ2v) is 10.2. The van der Waals surface area contributed by atoms with Crippen LogP contribution < -0.4 is 46.1 Å². The Morgan fingerprint density at radius 3 is 1.06 bits per heavy atom. The van der Waals surface area contributed by atoms with Crippen molar-refractivity contribution in [1.29, 1.82) is 0 Å². The van der Waals surface area contributed by atoms with Crippen LogP contribution in [0.2, 0.25) is 0 Å². The fourth-order valence-corrected chi connectivity index (χ4v) is 4.27. The molecule has 10 heteroatoms. The molecule has 0 aromatic heterocycles. The Hall–Kier alpha value is -6.55. The lowest BCUT2D eigenvalue weighted by atomic mass is 10.2. The summed E-state index contributed by atoms with van der Waals surface area (Å²) in [4.78, 5) is 13.0. The summed E-state index contributed by atoms with van der Waals surface area (Å²) in [5, 5.41) is 18.7. The van der Waals surface area contributed by atoms with Crippen LogP contribution in [0.15, 0.2) is 154 Å².